The van der Waals surface area contributed by atoms with E-state index in [9.17, 15) is 14.3 Å². The smallest absolute Gasteiger partial charge is 0.259 e. The summed E-state index contributed by atoms with van der Waals surface area (Å²) in [6.07, 6.45) is 2.33. The SMILES string of the molecule is CN(C(=O)c1cncc(F)c1)c1cccc(O)c1. The minimum Gasteiger partial charge on any atom is -0.508 e. The molecule has 1 aromatic carbocycles. The Kier molecular flexibility index (Phi) is 3.23. The first-order valence-corrected chi connectivity index (χ1v) is 5.25. The molecule has 92 valence electrons. The zero-order chi connectivity index (χ0) is 13.1. The Morgan fingerprint density at radius 2 is 2.11 bits per heavy atom. The van der Waals surface area contributed by atoms with Gasteiger partial charge < -0.3 is 10.0 Å². The second-order valence-corrected chi connectivity index (χ2v) is 3.78. The third kappa shape index (κ3) is 2.45. The van der Waals surface area contributed by atoms with Crippen molar-refractivity contribution in [2.24, 2.45) is 0 Å². The van der Waals surface area contributed by atoms with Crippen molar-refractivity contribution in [3.05, 3.63) is 54.1 Å². The number of phenolic OH excluding ortho intramolecular Hbond substituents is 1. The highest BCUT2D eigenvalue weighted by molar-refractivity contribution is 6.05. The highest BCUT2D eigenvalue weighted by Crippen LogP contribution is 2.20. The number of anilines is 1. The van der Waals surface area contributed by atoms with E-state index in [-0.39, 0.29) is 11.3 Å². The quantitative estimate of drug-likeness (QED) is 0.883. The van der Waals surface area contributed by atoms with E-state index in [0.29, 0.717) is 5.69 Å². The Morgan fingerprint density at radius 3 is 2.78 bits per heavy atom. The lowest BCUT2D eigenvalue weighted by Gasteiger charge is -2.17. The lowest BCUT2D eigenvalue weighted by atomic mass is 10.2. The predicted octanol–water partition coefficient (Wildman–Crippen LogP) is 2.20. The molecular weight excluding hydrogens is 235 g/mol. The Balaban J connectivity index is 2.29. The molecule has 0 bridgehead atoms. The summed E-state index contributed by atoms with van der Waals surface area (Å²) in [5.74, 6) is -0.901. The molecule has 2 aromatic rings. The number of aromatic hydroxyl groups is 1. The van der Waals surface area contributed by atoms with Gasteiger partial charge in [0.1, 0.15) is 11.6 Å². The van der Waals surface area contributed by atoms with Gasteiger partial charge >= 0.3 is 0 Å². The number of carbonyl (C=O) groups is 1. The summed E-state index contributed by atoms with van der Waals surface area (Å²) < 4.78 is 13.0. The van der Waals surface area contributed by atoms with Crippen LogP contribution in [-0.4, -0.2) is 23.0 Å². The lowest BCUT2D eigenvalue weighted by molar-refractivity contribution is 0.0992. The normalized spacial score (nSPS) is 10.1. The number of halogens is 1. The second kappa shape index (κ2) is 4.83. The zero-order valence-corrected chi connectivity index (χ0v) is 9.67. The van der Waals surface area contributed by atoms with Crippen LogP contribution in [0.1, 0.15) is 10.4 Å². The number of aromatic nitrogens is 1. The van der Waals surface area contributed by atoms with Crippen LogP contribution in [0.4, 0.5) is 10.1 Å². The fourth-order valence-electron chi connectivity index (χ4n) is 1.54. The van der Waals surface area contributed by atoms with Crippen LogP contribution in [0.25, 0.3) is 0 Å². The molecule has 0 saturated carbocycles. The maximum absolute atomic E-state index is 13.0. The number of amides is 1. The molecule has 0 unspecified atom stereocenters. The van der Waals surface area contributed by atoms with Gasteiger partial charge in [0, 0.05) is 25.0 Å². The van der Waals surface area contributed by atoms with Gasteiger partial charge in [-0.05, 0) is 18.2 Å². The Labute approximate surface area is 103 Å². The van der Waals surface area contributed by atoms with Crippen molar-refractivity contribution in [2.75, 3.05) is 11.9 Å². The van der Waals surface area contributed by atoms with Crippen LogP contribution in [0.5, 0.6) is 5.75 Å². The van der Waals surface area contributed by atoms with Gasteiger partial charge in [0.05, 0.1) is 11.8 Å². The maximum atomic E-state index is 13.0. The van der Waals surface area contributed by atoms with Crippen LogP contribution in [-0.2, 0) is 0 Å². The molecule has 1 amide bonds. The van der Waals surface area contributed by atoms with Gasteiger partial charge in [0.2, 0.25) is 0 Å². The van der Waals surface area contributed by atoms with E-state index in [4.69, 9.17) is 0 Å². The summed E-state index contributed by atoms with van der Waals surface area (Å²) in [7, 11) is 1.54. The van der Waals surface area contributed by atoms with Crippen molar-refractivity contribution in [2.45, 2.75) is 0 Å². The number of pyridine rings is 1. The van der Waals surface area contributed by atoms with Gasteiger partial charge in [0.25, 0.3) is 5.91 Å². The van der Waals surface area contributed by atoms with E-state index in [0.717, 1.165) is 12.3 Å². The summed E-state index contributed by atoms with van der Waals surface area (Å²) in [4.78, 5) is 17.0. The largest absolute Gasteiger partial charge is 0.508 e. The first-order chi connectivity index (χ1) is 8.58. The van der Waals surface area contributed by atoms with E-state index in [1.54, 1.807) is 19.2 Å². The van der Waals surface area contributed by atoms with Crippen LogP contribution >= 0.6 is 0 Å². The van der Waals surface area contributed by atoms with Gasteiger partial charge in [-0.15, -0.1) is 0 Å². The molecule has 0 saturated heterocycles. The molecule has 0 fully saturated rings. The number of benzene rings is 1. The van der Waals surface area contributed by atoms with Gasteiger partial charge in [0.15, 0.2) is 0 Å². The Bertz CT molecular complexity index is 587. The van der Waals surface area contributed by atoms with E-state index >= 15 is 0 Å². The van der Waals surface area contributed by atoms with Crippen molar-refractivity contribution in [3.8, 4) is 5.75 Å². The molecule has 1 aromatic heterocycles. The minimum atomic E-state index is -0.565. The fourth-order valence-corrected chi connectivity index (χ4v) is 1.54. The number of nitrogens with zero attached hydrogens (tertiary/aromatic N) is 2. The molecule has 0 radical (unpaired) electrons. The summed E-state index contributed by atoms with van der Waals surface area (Å²) >= 11 is 0. The molecule has 0 spiro atoms. The maximum Gasteiger partial charge on any atom is 0.259 e. The Hall–Kier alpha value is -2.43. The molecule has 1 N–H and O–H groups in total. The highest BCUT2D eigenvalue weighted by atomic mass is 19.1. The number of phenols is 1. The molecular formula is C13H11FN2O2. The first-order valence-electron chi connectivity index (χ1n) is 5.25. The monoisotopic (exact) mass is 246 g/mol. The molecule has 4 nitrogen and oxygen atoms in total. The van der Waals surface area contributed by atoms with Crippen molar-refractivity contribution >= 4 is 11.6 Å². The molecule has 18 heavy (non-hydrogen) atoms. The number of carbonyl (C=O) groups excluding carboxylic acids is 1. The molecule has 0 atom stereocenters. The van der Waals surface area contributed by atoms with E-state index < -0.39 is 11.7 Å². The summed E-state index contributed by atoms with van der Waals surface area (Å²) in [5, 5.41) is 9.35. The topological polar surface area (TPSA) is 53.4 Å². The van der Waals surface area contributed by atoms with Crippen molar-refractivity contribution < 1.29 is 14.3 Å². The van der Waals surface area contributed by atoms with Crippen LogP contribution in [0.3, 0.4) is 0 Å². The molecule has 0 aliphatic heterocycles. The van der Waals surface area contributed by atoms with Crippen molar-refractivity contribution in [3.63, 3.8) is 0 Å². The van der Waals surface area contributed by atoms with Gasteiger partial charge in [-0.1, -0.05) is 6.07 Å². The van der Waals surface area contributed by atoms with Crippen molar-refractivity contribution in [1.82, 2.24) is 4.98 Å². The van der Waals surface area contributed by atoms with E-state index in [1.807, 2.05) is 0 Å². The van der Waals surface area contributed by atoms with E-state index in [2.05, 4.69) is 4.98 Å². The average Bonchev–Trinajstić information content (AvgIpc) is 2.37. The van der Waals surface area contributed by atoms with Crippen LogP contribution < -0.4 is 4.90 Å². The first kappa shape index (κ1) is 12.0. The lowest BCUT2D eigenvalue weighted by Crippen LogP contribution is -2.26. The molecule has 5 heteroatoms. The number of hydrogen-bond donors (Lipinski definition) is 1. The van der Waals surface area contributed by atoms with E-state index in [1.165, 1.54) is 23.2 Å². The molecule has 0 aliphatic carbocycles. The predicted molar refractivity (Wildman–Crippen MR) is 65.0 cm³/mol. The van der Waals surface area contributed by atoms with Gasteiger partial charge in [-0.2, -0.15) is 0 Å². The fraction of sp³-hybridized carbons (Fsp3) is 0.0769. The third-order valence-corrected chi connectivity index (χ3v) is 2.47. The zero-order valence-electron chi connectivity index (χ0n) is 9.67. The van der Waals surface area contributed by atoms with Gasteiger partial charge in [-0.3, -0.25) is 9.78 Å². The van der Waals surface area contributed by atoms with Crippen LogP contribution in [0.2, 0.25) is 0 Å². The van der Waals surface area contributed by atoms with Crippen LogP contribution in [0.15, 0.2) is 42.7 Å². The van der Waals surface area contributed by atoms with Gasteiger partial charge in [-0.25, -0.2) is 4.39 Å². The summed E-state index contributed by atoms with van der Waals surface area (Å²) in [6.45, 7) is 0. The number of rotatable bonds is 2. The second-order valence-electron chi connectivity index (χ2n) is 3.78. The third-order valence-electron chi connectivity index (χ3n) is 2.47. The average molecular weight is 246 g/mol. The molecule has 2 rings (SSSR count). The van der Waals surface area contributed by atoms with Crippen molar-refractivity contribution in [1.29, 1.82) is 0 Å². The standard InChI is InChI=1S/C13H11FN2O2/c1-16(11-3-2-4-12(17)6-11)13(18)9-5-10(14)8-15-7-9/h2-8,17H,1H3. The Morgan fingerprint density at radius 1 is 1.33 bits per heavy atom. The molecule has 1 heterocycles. The van der Waals surface area contributed by atoms with Crippen LogP contribution in [0, 0.1) is 5.82 Å². The summed E-state index contributed by atoms with van der Waals surface area (Å²) in [5.41, 5.74) is 0.671. The molecule has 0 aliphatic rings. The minimum absolute atomic E-state index is 0.0597. The number of hydrogen-bond acceptors (Lipinski definition) is 3. The summed E-state index contributed by atoms with van der Waals surface area (Å²) in [6, 6.07) is 7.37. The highest BCUT2D eigenvalue weighted by Gasteiger charge is 2.14.